The van der Waals surface area contributed by atoms with Gasteiger partial charge in [0, 0.05) is 6.54 Å². The molecule has 0 aromatic heterocycles. The van der Waals surface area contributed by atoms with Crippen molar-refractivity contribution >= 4 is 23.8 Å². The van der Waals surface area contributed by atoms with E-state index in [4.69, 9.17) is 5.11 Å². The molecule has 1 atom stereocenters. The second-order valence-electron chi connectivity index (χ2n) is 4.51. The van der Waals surface area contributed by atoms with Crippen LogP contribution in [0, 0.1) is 5.92 Å². The van der Waals surface area contributed by atoms with Gasteiger partial charge in [0.2, 0.25) is 0 Å². The lowest BCUT2D eigenvalue weighted by Gasteiger charge is -2.18. The molecule has 0 aliphatic heterocycles. The number of aliphatic carboxylic acids is 1. The summed E-state index contributed by atoms with van der Waals surface area (Å²) in [6.07, 6.45) is 5.22. The van der Waals surface area contributed by atoms with Crippen LogP contribution in [0.2, 0.25) is 0 Å². The van der Waals surface area contributed by atoms with Crippen molar-refractivity contribution in [2.24, 2.45) is 5.92 Å². The number of carboxylic acids is 1. The molecule has 5 nitrogen and oxygen atoms in total. The molecule has 0 aliphatic rings. The minimum atomic E-state index is -1.000. The van der Waals surface area contributed by atoms with Crippen LogP contribution < -0.4 is 10.6 Å². The van der Waals surface area contributed by atoms with Gasteiger partial charge in [0.1, 0.15) is 6.04 Å². The van der Waals surface area contributed by atoms with E-state index in [1.54, 1.807) is 13.8 Å². The Morgan fingerprint density at radius 1 is 1.22 bits per heavy atom. The fraction of sp³-hybridized carbons (Fsp3) is 0.833. The van der Waals surface area contributed by atoms with Crippen molar-refractivity contribution in [3.63, 3.8) is 0 Å². The normalized spacial score (nSPS) is 12.2. The zero-order valence-electron chi connectivity index (χ0n) is 11.4. The van der Waals surface area contributed by atoms with E-state index in [-0.39, 0.29) is 5.92 Å². The van der Waals surface area contributed by atoms with Crippen LogP contribution in [0.5, 0.6) is 0 Å². The van der Waals surface area contributed by atoms with Gasteiger partial charge < -0.3 is 15.7 Å². The molecule has 0 radical (unpaired) electrons. The standard InChI is InChI=1S/C12H24N2O3S/c1-9(2)10(11(15)16)14-12(17)13-7-5-4-6-8-18-3/h9-10H,4-8H2,1-3H3,(H,15,16)(H2,13,14,17)/t10-/m1/s1. The summed E-state index contributed by atoms with van der Waals surface area (Å²) in [6.45, 7) is 4.12. The second kappa shape index (κ2) is 10.1. The average molecular weight is 276 g/mol. The minimum Gasteiger partial charge on any atom is -0.480 e. The van der Waals surface area contributed by atoms with E-state index in [1.807, 2.05) is 11.8 Å². The molecule has 6 heteroatoms. The van der Waals surface area contributed by atoms with Gasteiger partial charge in [0.05, 0.1) is 0 Å². The molecule has 0 heterocycles. The van der Waals surface area contributed by atoms with E-state index in [9.17, 15) is 9.59 Å². The maximum absolute atomic E-state index is 11.5. The van der Waals surface area contributed by atoms with E-state index in [1.165, 1.54) is 0 Å². The highest BCUT2D eigenvalue weighted by molar-refractivity contribution is 7.98. The van der Waals surface area contributed by atoms with E-state index < -0.39 is 18.0 Å². The number of amides is 2. The second-order valence-corrected chi connectivity index (χ2v) is 5.50. The Hall–Kier alpha value is -0.910. The lowest BCUT2D eigenvalue weighted by molar-refractivity contribution is -0.140. The van der Waals surface area contributed by atoms with Crippen LogP contribution in [0.1, 0.15) is 33.1 Å². The smallest absolute Gasteiger partial charge is 0.326 e. The van der Waals surface area contributed by atoms with Crippen LogP contribution in [0.15, 0.2) is 0 Å². The fourth-order valence-electron chi connectivity index (χ4n) is 1.46. The Morgan fingerprint density at radius 2 is 1.89 bits per heavy atom. The maximum Gasteiger partial charge on any atom is 0.326 e. The van der Waals surface area contributed by atoms with E-state index in [0.29, 0.717) is 6.54 Å². The Balaban J connectivity index is 3.72. The van der Waals surface area contributed by atoms with Gasteiger partial charge in [-0.25, -0.2) is 9.59 Å². The number of unbranched alkanes of at least 4 members (excludes halogenated alkanes) is 2. The van der Waals surface area contributed by atoms with Gasteiger partial charge in [-0.3, -0.25) is 0 Å². The molecule has 2 amide bonds. The summed E-state index contributed by atoms with van der Waals surface area (Å²) in [7, 11) is 0. The number of hydrogen-bond donors (Lipinski definition) is 3. The van der Waals surface area contributed by atoms with Gasteiger partial charge in [0.15, 0.2) is 0 Å². The van der Waals surface area contributed by atoms with Crippen molar-refractivity contribution < 1.29 is 14.7 Å². The highest BCUT2D eigenvalue weighted by Gasteiger charge is 2.22. The molecule has 0 fully saturated rings. The highest BCUT2D eigenvalue weighted by atomic mass is 32.2. The van der Waals surface area contributed by atoms with E-state index >= 15 is 0 Å². The molecule has 0 aromatic carbocycles. The number of thioether (sulfide) groups is 1. The van der Waals surface area contributed by atoms with Crippen LogP contribution in [0.4, 0.5) is 4.79 Å². The fourth-order valence-corrected chi connectivity index (χ4v) is 1.95. The third-order valence-corrected chi connectivity index (χ3v) is 3.23. The molecule has 3 N–H and O–H groups in total. The van der Waals surface area contributed by atoms with E-state index in [2.05, 4.69) is 16.9 Å². The number of carbonyl (C=O) groups is 2. The molecule has 0 rings (SSSR count). The Morgan fingerprint density at radius 3 is 2.39 bits per heavy atom. The largest absolute Gasteiger partial charge is 0.480 e. The summed E-state index contributed by atoms with van der Waals surface area (Å²) in [5.41, 5.74) is 0. The predicted molar refractivity (Wildman–Crippen MR) is 75.0 cm³/mol. The van der Waals surface area contributed by atoms with Gasteiger partial charge in [-0.2, -0.15) is 11.8 Å². The maximum atomic E-state index is 11.5. The zero-order chi connectivity index (χ0) is 14.0. The van der Waals surface area contributed by atoms with Crippen LogP contribution in [0.25, 0.3) is 0 Å². The summed E-state index contributed by atoms with van der Waals surface area (Å²) in [5.74, 6) is 0.00984. The van der Waals surface area contributed by atoms with Gasteiger partial charge >= 0.3 is 12.0 Å². The molecule has 18 heavy (non-hydrogen) atoms. The number of carboxylic acid groups (broad SMARTS) is 1. The SMILES string of the molecule is CSCCCCCNC(=O)N[C@@H](C(=O)O)C(C)C. The van der Waals surface area contributed by atoms with Crippen LogP contribution in [-0.4, -0.2) is 41.7 Å². The molecule has 0 bridgehead atoms. The van der Waals surface area contributed by atoms with Crippen molar-refractivity contribution in [1.82, 2.24) is 10.6 Å². The number of urea groups is 1. The molecule has 0 spiro atoms. The van der Waals surface area contributed by atoms with Crippen molar-refractivity contribution in [3.8, 4) is 0 Å². The average Bonchev–Trinajstić information content (AvgIpc) is 2.29. The topological polar surface area (TPSA) is 78.4 Å². The first-order valence-corrected chi connectivity index (χ1v) is 7.64. The minimum absolute atomic E-state index is 0.130. The summed E-state index contributed by atoms with van der Waals surface area (Å²) >= 11 is 1.82. The van der Waals surface area contributed by atoms with Crippen molar-refractivity contribution in [2.75, 3.05) is 18.6 Å². The summed E-state index contributed by atoms with van der Waals surface area (Å²) in [5, 5.41) is 14.1. The lowest BCUT2D eigenvalue weighted by Crippen LogP contribution is -2.48. The first kappa shape index (κ1) is 17.1. The Labute approximate surface area is 113 Å². The van der Waals surface area contributed by atoms with Gasteiger partial charge in [0.25, 0.3) is 0 Å². The molecule has 0 unspecified atom stereocenters. The summed E-state index contributed by atoms with van der Waals surface area (Å²) in [4.78, 5) is 22.3. The Kier molecular flexibility index (Phi) is 9.55. The van der Waals surface area contributed by atoms with Crippen LogP contribution in [0.3, 0.4) is 0 Å². The zero-order valence-corrected chi connectivity index (χ0v) is 12.2. The van der Waals surface area contributed by atoms with Gasteiger partial charge in [-0.1, -0.05) is 20.3 Å². The molecule has 0 saturated heterocycles. The number of nitrogens with one attached hydrogen (secondary N) is 2. The number of rotatable bonds is 9. The monoisotopic (exact) mass is 276 g/mol. The molecule has 0 saturated carbocycles. The number of hydrogen-bond acceptors (Lipinski definition) is 3. The van der Waals surface area contributed by atoms with Gasteiger partial charge in [-0.15, -0.1) is 0 Å². The molecular formula is C12H24N2O3S. The van der Waals surface area contributed by atoms with Crippen LogP contribution in [-0.2, 0) is 4.79 Å². The quantitative estimate of drug-likeness (QED) is 0.562. The third-order valence-electron chi connectivity index (χ3n) is 2.53. The Bertz CT molecular complexity index is 260. The highest BCUT2D eigenvalue weighted by Crippen LogP contribution is 2.02. The van der Waals surface area contributed by atoms with E-state index in [0.717, 1.165) is 25.0 Å². The molecule has 0 aliphatic carbocycles. The molecule has 0 aromatic rings. The first-order chi connectivity index (χ1) is 8.49. The van der Waals surface area contributed by atoms with Crippen molar-refractivity contribution in [2.45, 2.75) is 39.2 Å². The van der Waals surface area contributed by atoms with Crippen molar-refractivity contribution in [3.05, 3.63) is 0 Å². The third kappa shape index (κ3) is 8.22. The summed E-state index contributed by atoms with van der Waals surface area (Å²) in [6, 6.07) is -1.23. The first-order valence-electron chi connectivity index (χ1n) is 6.25. The molecular weight excluding hydrogens is 252 g/mol. The molecule has 106 valence electrons. The van der Waals surface area contributed by atoms with Gasteiger partial charge in [-0.05, 0) is 30.8 Å². The predicted octanol–water partition coefficient (Wildman–Crippen LogP) is 1.93. The lowest BCUT2D eigenvalue weighted by atomic mass is 10.1. The van der Waals surface area contributed by atoms with Crippen LogP contribution >= 0.6 is 11.8 Å². The number of carbonyl (C=O) groups excluding carboxylic acids is 1. The van der Waals surface area contributed by atoms with Crippen molar-refractivity contribution in [1.29, 1.82) is 0 Å². The summed E-state index contributed by atoms with van der Waals surface area (Å²) < 4.78 is 0.